The van der Waals surface area contributed by atoms with Crippen LogP contribution < -0.4 is 0 Å². The van der Waals surface area contributed by atoms with E-state index >= 15 is 0 Å². The van der Waals surface area contributed by atoms with Gasteiger partial charge in [0, 0.05) is 18.0 Å². The van der Waals surface area contributed by atoms with Gasteiger partial charge in [-0.1, -0.05) is 41.7 Å². The number of benzene rings is 1. The highest BCUT2D eigenvalue weighted by Crippen LogP contribution is 2.37. The van der Waals surface area contributed by atoms with Crippen LogP contribution in [0.5, 0.6) is 0 Å². The van der Waals surface area contributed by atoms with E-state index in [0.717, 1.165) is 25.9 Å². The fourth-order valence-corrected chi connectivity index (χ4v) is 3.95. The van der Waals surface area contributed by atoms with Crippen LogP contribution in [0.3, 0.4) is 0 Å². The Morgan fingerprint density at radius 3 is 2.75 bits per heavy atom. The molecule has 0 aliphatic carbocycles. The first-order valence-electron chi connectivity index (χ1n) is 7.58. The van der Waals surface area contributed by atoms with Gasteiger partial charge in [-0.05, 0) is 30.9 Å². The second-order valence-corrected chi connectivity index (χ2v) is 7.89. The third-order valence-electron chi connectivity index (χ3n) is 3.71. The van der Waals surface area contributed by atoms with Crippen LogP contribution >= 0.6 is 46.6 Å². The van der Waals surface area contributed by atoms with Crippen LogP contribution in [0.2, 0.25) is 15.1 Å². The van der Waals surface area contributed by atoms with Gasteiger partial charge in [0.25, 0.3) is 5.91 Å². The van der Waals surface area contributed by atoms with Gasteiger partial charge in [-0.25, -0.2) is 0 Å². The standard InChI is InChI=1S/C16H18Cl3NO3S/c1-10-3-2-6-20(7-10)13(21)8-23-14(22)9-24-12-5-4-11(17)15(18)16(12)19/h4-5,10H,2-3,6-9H2,1H3. The minimum Gasteiger partial charge on any atom is -0.455 e. The van der Waals surface area contributed by atoms with E-state index in [1.54, 1.807) is 17.0 Å². The number of carbonyl (C=O) groups is 2. The van der Waals surface area contributed by atoms with Crippen molar-refractivity contribution in [3.05, 3.63) is 27.2 Å². The van der Waals surface area contributed by atoms with E-state index in [2.05, 4.69) is 6.92 Å². The average Bonchev–Trinajstić information content (AvgIpc) is 2.57. The molecule has 1 heterocycles. The number of ether oxygens (including phenoxy) is 1. The third-order valence-corrected chi connectivity index (χ3v) is 6.15. The van der Waals surface area contributed by atoms with Crippen LogP contribution in [0, 0.1) is 5.92 Å². The molecule has 0 bridgehead atoms. The van der Waals surface area contributed by atoms with Crippen LogP contribution in [0.4, 0.5) is 0 Å². The molecule has 132 valence electrons. The summed E-state index contributed by atoms with van der Waals surface area (Å²) in [7, 11) is 0. The van der Waals surface area contributed by atoms with E-state index in [9.17, 15) is 9.59 Å². The average molecular weight is 411 g/mol. The first-order valence-corrected chi connectivity index (χ1v) is 9.70. The first-order chi connectivity index (χ1) is 11.4. The van der Waals surface area contributed by atoms with Gasteiger partial charge >= 0.3 is 5.97 Å². The normalized spacial score (nSPS) is 17.7. The van der Waals surface area contributed by atoms with E-state index in [4.69, 9.17) is 39.5 Å². The number of nitrogens with zero attached hydrogens (tertiary/aromatic N) is 1. The van der Waals surface area contributed by atoms with Gasteiger partial charge in [0.05, 0.1) is 20.8 Å². The summed E-state index contributed by atoms with van der Waals surface area (Å²) in [6, 6.07) is 3.30. The molecule has 1 amide bonds. The Kier molecular flexibility index (Phi) is 7.54. The SMILES string of the molecule is CC1CCCN(C(=O)COC(=O)CSc2ccc(Cl)c(Cl)c2Cl)C1. The minimum absolute atomic E-state index is 0.0430. The number of esters is 1. The smallest absolute Gasteiger partial charge is 0.316 e. The molecule has 0 aromatic heterocycles. The molecule has 0 radical (unpaired) electrons. The largest absolute Gasteiger partial charge is 0.455 e. The van der Waals surface area contributed by atoms with Crippen LogP contribution in [-0.4, -0.2) is 42.2 Å². The summed E-state index contributed by atoms with van der Waals surface area (Å²) in [6.45, 7) is 3.35. The van der Waals surface area contributed by atoms with Gasteiger partial charge in [0.1, 0.15) is 0 Å². The summed E-state index contributed by atoms with van der Waals surface area (Å²) in [4.78, 5) is 26.3. The zero-order valence-electron chi connectivity index (χ0n) is 13.2. The Balaban J connectivity index is 1.77. The van der Waals surface area contributed by atoms with Gasteiger partial charge in [0.2, 0.25) is 0 Å². The summed E-state index contributed by atoms with van der Waals surface area (Å²) in [5.74, 6) is -0.0831. The Hall–Kier alpha value is -0.620. The molecular weight excluding hydrogens is 393 g/mol. The lowest BCUT2D eigenvalue weighted by Crippen LogP contribution is -2.41. The molecule has 24 heavy (non-hydrogen) atoms. The van der Waals surface area contributed by atoms with Crippen LogP contribution in [-0.2, 0) is 14.3 Å². The number of rotatable bonds is 5. The van der Waals surface area contributed by atoms with Crippen molar-refractivity contribution in [2.24, 2.45) is 5.92 Å². The molecule has 1 atom stereocenters. The molecule has 0 saturated carbocycles. The molecule has 2 rings (SSSR count). The van der Waals surface area contributed by atoms with Gasteiger partial charge < -0.3 is 9.64 Å². The van der Waals surface area contributed by atoms with Gasteiger partial charge in [-0.3, -0.25) is 9.59 Å². The quantitative estimate of drug-likeness (QED) is 0.406. The predicted molar refractivity (Wildman–Crippen MR) is 98.1 cm³/mol. The van der Waals surface area contributed by atoms with Crippen LogP contribution in [0.1, 0.15) is 19.8 Å². The van der Waals surface area contributed by atoms with E-state index < -0.39 is 5.97 Å². The number of piperidine rings is 1. The topological polar surface area (TPSA) is 46.6 Å². The van der Waals surface area contributed by atoms with E-state index in [-0.39, 0.29) is 23.3 Å². The summed E-state index contributed by atoms with van der Waals surface area (Å²) >= 11 is 19.1. The number of amides is 1. The summed E-state index contributed by atoms with van der Waals surface area (Å²) < 4.78 is 5.05. The maximum absolute atomic E-state index is 12.0. The maximum Gasteiger partial charge on any atom is 0.316 e. The summed E-state index contributed by atoms with van der Waals surface area (Å²) in [5.41, 5.74) is 0. The molecule has 1 fully saturated rings. The maximum atomic E-state index is 12.0. The number of thioether (sulfide) groups is 1. The van der Waals surface area contributed by atoms with Crippen LogP contribution in [0.15, 0.2) is 17.0 Å². The number of halogens is 3. The third kappa shape index (κ3) is 5.45. The minimum atomic E-state index is -0.472. The Morgan fingerprint density at radius 2 is 2.04 bits per heavy atom. The highest BCUT2D eigenvalue weighted by Gasteiger charge is 2.22. The van der Waals surface area contributed by atoms with Crippen molar-refractivity contribution >= 4 is 58.4 Å². The molecule has 1 aromatic rings. The fraction of sp³-hybridized carbons (Fsp3) is 0.500. The zero-order chi connectivity index (χ0) is 17.7. The lowest BCUT2D eigenvalue weighted by Gasteiger charge is -2.30. The second-order valence-electron chi connectivity index (χ2n) is 5.71. The van der Waals surface area contributed by atoms with Crippen molar-refractivity contribution in [2.75, 3.05) is 25.4 Å². The monoisotopic (exact) mass is 409 g/mol. The lowest BCUT2D eigenvalue weighted by atomic mass is 10.0. The number of hydrogen-bond acceptors (Lipinski definition) is 4. The zero-order valence-corrected chi connectivity index (χ0v) is 16.3. The van der Waals surface area contributed by atoms with Crippen molar-refractivity contribution in [3.63, 3.8) is 0 Å². The summed E-state index contributed by atoms with van der Waals surface area (Å²) in [5, 5.41) is 0.918. The van der Waals surface area contributed by atoms with Gasteiger partial charge in [0.15, 0.2) is 6.61 Å². The molecular formula is C16H18Cl3NO3S. The molecule has 1 aliphatic rings. The van der Waals surface area contributed by atoms with Crippen molar-refractivity contribution in [2.45, 2.75) is 24.7 Å². The van der Waals surface area contributed by atoms with E-state index in [1.807, 2.05) is 0 Å². The van der Waals surface area contributed by atoms with Crippen LogP contribution in [0.25, 0.3) is 0 Å². The molecule has 1 saturated heterocycles. The molecule has 1 aliphatic heterocycles. The van der Waals surface area contributed by atoms with Crippen molar-refractivity contribution in [1.82, 2.24) is 4.90 Å². The molecule has 8 heteroatoms. The molecule has 0 spiro atoms. The molecule has 1 unspecified atom stereocenters. The first kappa shape index (κ1) is 19.7. The Morgan fingerprint density at radius 1 is 1.29 bits per heavy atom. The Bertz CT molecular complexity index is 627. The lowest BCUT2D eigenvalue weighted by molar-refractivity contribution is -0.150. The van der Waals surface area contributed by atoms with Crippen molar-refractivity contribution in [1.29, 1.82) is 0 Å². The number of likely N-dealkylation sites (tertiary alicyclic amines) is 1. The second kappa shape index (κ2) is 9.18. The van der Waals surface area contributed by atoms with Gasteiger partial charge in [-0.15, -0.1) is 11.8 Å². The Labute approximate surface area is 160 Å². The fourth-order valence-electron chi connectivity index (χ4n) is 2.45. The molecule has 4 nitrogen and oxygen atoms in total. The predicted octanol–water partition coefficient (Wildman–Crippen LogP) is 4.54. The highest BCUT2D eigenvalue weighted by atomic mass is 35.5. The number of hydrogen-bond donors (Lipinski definition) is 0. The summed E-state index contributed by atoms with van der Waals surface area (Å²) in [6.07, 6.45) is 2.12. The van der Waals surface area contributed by atoms with E-state index in [0.29, 0.717) is 20.9 Å². The van der Waals surface area contributed by atoms with E-state index in [1.165, 1.54) is 11.8 Å². The molecule has 0 N–H and O–H groups in total. The molecule has 1 aromatic carbocycles. The highest BCUT2D eigenvalue weighted by molar-refractivity contribution is 8.00. The van der Waals surface area contributed by atoms with Crippen molar-refractivity contribution in [3.8, 4) is 0 Å². The number of carbonyl (C=O) groups excluding carboxylic acids is 2. The van der Waals surface area contributed by atoms with Crippen molar-refractivity contribution < 1.29 is 14.3 Å². The van der Waals surface area contributed by atoms with Gasteiger partial charge in [-0.2, -0.15) is 0 Å².